The van der Waals surface area contributed by atoms with Gasteiger partial charge in [-0.25, -0.2) is 19.6 Å². The highest BCUT2D eigenvalue weighted by Crippen LogP contribution is 2.20. The molecule has 0 saturated heterocycles. The lowest BCUT2D eigenvalue weighted by Gasteiger charge is -2.25. The first-order valence-electron chi connectivity index (χ1n) is 19.3. The number of nitrogens with two attached hydrogens (primary N) is 1. The van der Waals surface area contributed by atoms with Crippen molar-refractivity contribution in [2.24, 2.45) is 11.8 Å². The van der Waals surface area contributed by atoms with Gasteiger partial charge < -0.3 is 29.8 Å². The lowest BCUT2D eigenvalue weighted by atomic mass is 10.0. The SMILES string of the molecule is CCCCCCCCCCCCCCCCCC(=O)OCC(CCOC(=O)[C@@H](NC(=O)OC(C)(C)C)C(C)C)Cn1cnc2c(I)nc(N)nc21. The quantitative estimate of drug-likeness (QED) is 0.0308. The molecule has 0 bridgehead atoms. The highest BCUT2D eigenvalue weighted by atomic mass is 127. The number of imidazole rings is 1. The highest BCUT2D eigenvalue weighted by Gasteiger charge is 2.28. The Labute approximate surface area is 319 Å². The molecule has 0 aromatic carbocycles. The molecule has 2 rings (SSSR count). The summed E-state index contributed by atoms with van der Waals surface area (Å²) >= 11 is 2.07. The third-order valence-corrected chi connectivity index (χ3v) is 9.47. The van der Waals surface area contributed by atoms with E-state index in [1.807, 2.05) is 18.4 Å². The second kappa shape index (κ2) is 24.5. The average Bonchev–Trinajstić information content (AvgIpc) is 3.45. The van der Waals surface area contributed by atoms with Gasteiger partial charge in [-0.3, -0.25) is 4.79 Å². The van der Waals surface area contributed by atoms with Gasteiger partial charge in [-0.15, -0.1) is 0 Å². The Hall–Kier alpha value is -2.71. The zero-order valence-electron chi connectivity index (χ0n) is 32.1. The molecule has 2 aromatic rings. The summed E-state index contributed by atoms with van der Waals surface area (Å²) in [6.07, 6.45) is 20.8. The molecule has 0 spiro atoms. The van der Waals surface area contributed by atoms with Gasteiger partial charge in [0.05, 0.1) is 19.5 Å². The van der Waals surface area contributed by atoms with Crippen LogP contribution >= 0.6 is 22.6 Å². The topological polar surface area (TPSA) is 161 Å². The van der Waals surface area contributed by atoms with Crippen LogP contribution in [0.15, 0.2) is 6.33 Å². The summed E-state index contributed by atoms with van der Waals surface area (Å²) in [6, 6.07) is -0.870. The van der Waals surface area contributed by atoms with Crippen LogP contribution in [0.25, 0.3) is 11.2 Å². The number of rotatable bonds is 26. The number of alkyl carbamates (subject to hydrolysis) is 1. The fraction of sp³-hybridized carbons (Fsp3) is 0.789. The number of halogens is 1. The summed E-state index contributed by atoms with van der Waals surface area (Å²) in [4.78, 5) is 51.1. The standard InChI is InChI=1S/C38H65IN6O6/c1-7-8-9-10-11-12-13-14-15-16-17-18-19-20-21-22-30(46)50-26-29(25-45-27-41-32-33(39)43-36(40)44-34(32)45)23-24-49-35(47)31(28(2)3)42-37(48)51-38(4,5)6/h27-29,31H,7-26H2,1-6H3,(H,42,48)(H2,40,43,44)/t29?,31-/m0/s1. The summed E-state index contributed by atoms with van der Waals surface area (Å²) in [5, 5.41) is 2.63. The van der Waals surface area contributed by atoms with Crippen molar-refractivity contribution in [1.29, 1.82) is 0 Å². The summed E-state index contributed by atoms with van der Waals surface area (Å²) in [5.74, 6) is -1.06. The second-order valence-corrected chi connectivity index (χ2v) is 16.0. The zero-order valence-corrected chi connectivity index (χ0v) is 34.3. The first-order valence-corrected chi connectivity index (χ1v) is 20.3. The van der Waals surface area contributed by atoms with Crippen LogP contribution in [-0.2, 0) is 30.3 Å². The van der Waals surface area contributed by atoms with Crippen LogP contribution in [0.4, 0.5) is 10.7 Å². The van der Waals surface area contributed by atoms with E-state index in [1.54, 1.807) is 27.1 Å². The Morgan fingerprint density at radius 2 is 1.45 bits per heavy atom. The summed E-state index contributed by atoms with van der Waals surface area (Å²) < 4.78 is 19.2. The molecular weight excluding hydrogens is 763 g/mol. The van der Waals surface area contributed by atoms with Crippen LogP contribution in [0.5, 0.6) is 0 Å². The minimum absolute atomic E-state index is 0.0700. The third-order valence-electron chi connectivity index (χ3n) is 8.72. The summed E-state index contributed by atoms with van der Waals surface area (Å²) in [7, 11) is 0. The van der Waals surface area contributed by atoms with E-state index in [4.69, 9.17) is 19.9 Å². The molecule has 51 heavy (non-hydrogen) atoms. The Balaban J connectivity index is 1.80. The number of nitrogen functional groups attached to an aromatic ring is 1. The number of anilines is 1. The Bertz CT molecular complexity index is 1310. The number of esters is 2. The molecule has 1 amide bonds. The number of nitrogens with zero attached hydrogens (tertiary/aromatic N) is 4. The van der Waals surface area contributed by atoms with E-state index < -0.39 is 23.7 Å². The largest absolute Gasteiger partial charge is 0.465 e. The monoisotopic (exact) mass is 828 g/mol. The molecule has 2 heterocycles. The fourth-order valence-electron chi connectivity index (χ4n) is 5.84. The molecule has 0 saturated carbocycles. The molecule has 3 N–H and O–H groups in total. The number of carbonyl (C=O) groups is 3. The van der Waals surface area contributed by atoms with Crippen LogP contribution in [0.1, 0.15) is 151 Å². The molecule has 0 aliphatic heterocycles. The van der Waals surface area contributed by atoms with Gasteiger partial charge in [0.25, 0.3) is 0 Å². The maximum Gasteiger partial charge on any atom is 0.408 e. The highest BCUT2D eigenvalue weighted by molar-refractivity contribution is 14.1. The Kier molecular flexibility index (Phi) is 21.4. The van der Waals surface area contributed by atoms with Gasteiger partial charge in [0, 0.05) is 18.9 Å². The lowest BCUT2D eigenvalue weighted by molar-refractivity contribution is -0.150. The van der Waals surface area contributed by atoms with Crippen LogP contribution in [0, 0.1) is 15.5 Å². The molecule has 290 valence electrons. The van der Waals surface area contributed by atoms with Gasteiger partial charge in [-0.2, -0.15) is 4.98 Å². The van der Waals surface area contributed by atoms with Gasteiger partial charge in [0.2, 0.25) is 5.95 Å². The first kappa shape index (κ1) is 44.5. The van der Waals surface area contributed by atoms with Crippen LogP contribution in [0.3, 0.4) is 0 Å². The number of hydrogen-bond donors (Lipinski definition) is 2. The predicted octanol–water partition coefficient (Wildman–Crippen LogP) is 8.92. The van der Waals surface area contributed by atoms with Gasteiger partial charge in [-0.05, 0) is 62.1 Å². The van der Waals surface area contributed by atoms with Crippen molar-refractivity contribution >= 4 is 57.7 Å². The summed E-state index contributed by atoms with van der Waals surface area (Å²) in [5.41, 5.74) is 6.43. The fourth-order valence-corrected chi connectivity index (χ4v) is 6.46. The molecule has 1 unspecified atom stereocenters. The van der Waals surface area contributed by atoms with Gasteiger partial charge in [0.15, 0.2) is 5.65 Å². The molecule has 0 aliphatic carbocycles. The van der Waals surface area contributed by atoms with E-state index in [0.717, 1.165) is 19.3 Å². The maximum atomic E-state index is 13.0. The van der Waals surface area contributed by atoms with E-state index in [1.165, 1.54) is 77.0 Å². The molecule has 2 aromatic heterocycles. The van der Waals surface area contributed by atoms with Crippen LogP contribution in [-0.4, -0.2) is 62.4 Å². The zero-order chi connectivity index (χ0) is 37.6. The number of unbranched alkanes of at least 4 members (excludes halogenated alkanes) is 14. The minimum Gasteiger partial charge on any atom is -0.465 e. The molecular formula is C38H65IN6O6. The molecule has 0 aliphatic rings. The van der Waals surface area contributed by atoms with Crippen molar-refractivity contribution in [1.82, 2.24) is 24.8 Å². The number of amides is 1. The first-order chi connectivity index (χ1) is 24.3. The number of nitrogens with one attached hydrogen (secondary N) is 1. The summed E-state index contributed by atoms with van der Waals surface area (Å²) in [6.45, 7) is 11.8. The van der Waals surface area contributed by atoms with Crippen molar-refractivity contribution in [2.45, 2.75) is 169 Å². The van der Waals surface area contributed by atoms with E-state index in [0.29, 0.717) is 34.3 Å². The average molecular weight is 829 g/mol. The molecule has 2 atom stereocenters. The van der Waals surface area contributed by atoms with Gasteiger partial charge in [0.1, 0.15) is 20.9 Å². The molecule has 0 fully saturated rings. The van der Waals surface area contributed by atoms with Crippen molar-refractivity contribution in [2.75, 3.05) is 18.9 Å². The minimum atomic E-state index is -0.870. The van der Waals surface area contributed by atoms with Crippen molar-refractivity contribution in [3.63, 3.8) is 0 Å². The Morgan fingerprint density at radius 1 is 0.882 bits per heavy atom. The van der Waals surface area contributed by atoms with Crippen molar-refractivity contribution in [3.8, 4) is 0 Å². The number of hydrogen-bond acceptors (Lipinski definition) is 10. The van der Waals surface area contributed by atoms with Crippen molar-refractivity contribution < 1.29 is 28.6 Å². The third kappa shape index (κ3) is 19.1. The van der Waals surface area contributed by atoms with Crippen LogP contribution < -0.4 is 11.1 Å². The van der Waals surface area contributed by atoms with Gasteiger partial charge >= 0.3 is 18.0 Å². The predicted molar refractivity (Wildman–Crippen MR) is 210 cm³/mol. The molecule has 12 nitrogen and oxygen atoms in total. The number of fused-ring (bicyclic) bond motifs is 1. The number of ether oxygens (including phenoxy) is 3. The molecule has 0 radical (unpaired) electrons. The van der Waals surface area contributed by atoms with E-state index in [9.17, 15) is 14.4 Å². The number of aromatic nitrogens is 4. The molecule has 13 heteroatoms. The number of carbonyl (C=O) groups excluding carboxylic acids is 3. The lowest BCUT2D eigenvalue weighted by Crippen LogP contribution is -2.47. The Morgan fingerprint density at radius 3 is 2.00 bits per heavy atom. The normalized spacial score (nSPS) is 12.9. The van der Waals surface area contributed by atoms with E-state index in [2.05, 4.69) is 49.8 Å². The second-order valence-electron chi connectivity index (χ2n) is 15.0. The van der Waals surface area contributed by atoms with Gasteiger partial charge in [-0.1, -0.05) is 111 Å². The smallest absolute Gasteiger partial charge is 0.408 e. The van der Waals surface area contributed by atoms with Crippen LogP contribution in [0.2, 0.25) is 0 Å². The maximum absolute atomic E-state index is 13.0. The van der Waals surface area contributed by atoms with Crippen molar-refractivity contribution in [3.05, 3.63) is 10.0 Å². The van der Waals surface area contributed by atoms with E-state index in [-0.39, 0.29) is 37.0 Å². The van der Waals surface area contributed by atoms with E-state index >= 15 is 0 Å².